The second-order valence-corrected chi connectivity index (χ2v) is 3.99. The molecule has 3 heteroatoms. The molecule has 0 aliphatic rings. The molecular weight excluding hydrogens is 226 g/mol. The fourth-order valence-corrected chi connectivity index (χ4v) is 1.40. The third kappa shape index (κ3) is 4.87. The predicted octanol–water partition coefficient (Wildman–Crippen LogP) is 2.76. The molecule has 0 heterocycles. The van der Waals surface area contributed by atoms with Crippen LogP contribution in [-0.2, 0) is 9.53 Å². The van der Waals surface area contributed by atoms with E-state index in [-0.39, 0.29) is 5.97 Å². The number of esters is 1. The van der Waals surface area contributed by atoms with Crippen LogP contribution in [0, 0.1) is 0 Å². The molecule has 0 radical (unpaired) electrons. The maximum Gasteiger partial charge on any atom is 0.332 e. The Bertz CT molecular complexity index is 435. The van der Waals surface area contributed by atoms with Crippen molar-refractivity contribution in [1.29, 1.82) is 0 Å². The number of carbonyl (C=O) groups excluding carboxylic acids is 1. The van der Waals surface area contributed by atoms with Crippen LogP contribution in [0.3, 0.4) is 0 Å². The molecule has 96 valence electrons. The van der Waals surface area contributed by atoms with Gasteiger partial charge in [0.1, 0.15) is 0 Å². The number of rotatable bonds is 6. The highest BCUT2D eigenvalue weighted by molar-refractivity contribution is 5.90. The molecule has 0 aliphatic heterocycles. The standard InChI is InChI=1S/C15H19NO2/c1-4-18-15(17)10-14(16-11-12(2)3)13-8-6-5-7-9-13/h5-10,16H,2,4,11H2,1,3H3/b14-10-. The van der Waals surface area contributed by atoms with Gasteiger partial charge in [-0.05, 0) is 19.4 Å². The number of nitrogens with one attached hydrogen (secondary N) is 1. The largest absolute Gasteiger partial charge is 0.463 e. The Kier molecular flexibility index (Phi) is 5.71. The van der Waals surface area contributed by atoms with E-state index in [4.69, 9.17) is 4.74 Å². The molecule has 1 aromatic carbocycles. The summed E-state index contributed by atoms with van der Waals surface area (Å²) in [5, 5.41) is 3.19. The molecule has 0 saturated carbocycles. The van der Waals surface area contributed by atoms with Gasteiger partial charge < -0.3 is 10.1 Å². The lowest BCUT2D eigenvalue weighted by Crippen LogP contribution is -2.16. The van der Waals surface area contributed by atoms with Crippen molar-refractivity contribution < 1.29 is 9.53 Å². The molecule has 1 N–H and O–H groups in total. The first kappa shape index (κ1) is 14.0. The van der Waals surface area contributed by atoms with Crippen LogP contribution in [0.2, 0.25) is 0 Å². The van der Waals surface area contributed by atoms with Crippen LogP contribution >= 0.6 is 0 Å². The zero-order valence-electron chi connectivity index (χ0n) is 10.9. The lowest BCUT2D eigenvalue weighted by molar-refractivity contribution is -0.137. The molecular formula is C15H19NO2. The minimum Gasteiger partial charge on any atom is -0.463 e. The molecule has 0 atom stereocenters. The molecule has 0 spiro atoms. The van der Waals surface area contributed by atoms with Crippen LogP contribution in [0.25, 0.3) is 5.70 Å². The van der Waals surface area contributed by atoms with Gasteiger partial charge in [-0.1, -0.05) is 42.5 Å². The summed E-state index contributed by atoms with van der Waals surface area (Å²) in [6, 6.07) is 9.67. The SMILES string of the molecule is C=C(C)CN/C(=C\C(=O)OCC)c1ccccc1. The van der Waals surface area contributed by atoms with E-state index in [1.165, 1.54) is 6.08 Å². The Hall–Kier alpha value is -2.03. The van der Waals surface area contributed by atoms with Gasteiger partial charge in [0, 0.05) is 18.3 Å². The fraction of sp³-hybridized carbons (Fsp3) is 0.267. The molecule has 0 aliphatic carbocycles. The van der Waals surface area contributed by atoms with Gasteiger partial charge in [-0.2, -0.15) is 0 Å². The molecule has 3 nitrogen and oxygen atoms in total. The van der Waals surface area contributed by atoms with E-state index in [0.717, 1.165) is 16.8 Å². The number of ether oxygens (including phenoxy) is 1. The molecule has 0 bridgehead atoms. The van der Waals surface area contributed by atoms with Crippen molar-refractivity contribution in [2.75, 3.05) is 13.2 Å². The van der Waals surface area contributed by atoms with Crippen molar-refractivity contribution in [2.45, 2.75) is 13.8 Å². The lowest BCUT2D eigenvalue weighted by Gasteiger charge is -2.11. The van der Waals surface area contributed by atoms with Crippen molar-refractivity contribution in [2.24, 2.45) is 0 Å². The topological polar surface area (TPSA) is 38.3 Å². The van der Waals surface area contributed by atoms with E-state index in [1.807, 2.05) is 37.3 Å². The van der Waals surface area contributed by atoms with Crippen molar-refractivity contribution in [1.82, 2.24) is 5.32 Å². The van der Waals surface area contributed by atoms with Crippen LogP contribution < -0.4 is 5.32 Å². The molecule has 0 fully saturated rings. The molecule has 0 aromatic heterocycles. The second-order valence-electron chi connectivity index (χ2n) is 3.99. The van der Waals surface area contributed by atoms with Gasteiger partial charge in [-0.25, -0.2) is 4.79 Å². The molecule has 1 rings (SSSR count). The van der Waals surface area contributed by atoms with Crippen LogP contribution in [0.4, 0.5) is 0 Å². The van der Waals surface area contributed by atoms with Gasteiger partial charge in [-0.3, -0.25) is 0 Å². The summed E-state index contributed by atoms with van der Waals surface area (Å²) in [6.07, 6.45) is 1.47. The average Bonchev–Trinajstić information content (AvgIpc) is 2.35. The molecule has 1 aromatic rings. The number of benzene rings is 1. The minimum absolute atomic E-state index is 0.342. The Morgan fingerprint density at radius 2 is 2.06 bits per heavy atom. The van der Waals surface area contributed by atoms with Gasteiger partial charge in [0.15, 0.2) is 0 Å². The summed E-state index contributed by atoms with van der Waals surface area (Å²) < 4.78 is 4.92. The van der Waals surface area contributed by atoms with Gasteiger partial charge in [0.25, 0.3) is 0 Å². The van der Waals surface area contributed by atoms with E-state index in [2.05, 4.69) is 11.9 Å². The van der Waals surface area contributed by atoms with Crippen LogP contribution in [0.1, 0.15) is 19.4 Å². The van der Waals surface area contributed by atoms with Crippen LogP contribution in [-0.4, -0.2) is 19.1 Å². The zero-order chi connectivity index (χ0) is 13.4. The summed E-state index contributed by atoms with van der Waals surface area (Å²) in [5.74, 6) is -0.342. The normalized spacial score (nSPS) is 10.9. The van der Waals surface area contributed by atoms with Crippen molar-refractivity contribution in [3.05, 3.63) is 54.1 Å². The Morgan fingerprint density at radius 3 is 2.61 bits per heavy atom. The van der Waals surface area contributed by atoms with E-state index >= 15 is 0 Å². The average molecular weight is 245 g/mol. The zero-order valence-corrected chi connectivity index (χ0v) is 10.9. The first-order valence-corrected chi connectivity index (χ1v) is 5.95. The number of hydrogen-bond acceptors (Lipinski definition) is 3. The van der Waals surface area contributed by atoms with Gasteiger partial charge in [0.05, 0.1) is 6.61 Å². The fourth-order valence-electron chi connectivity index (χ4n) is 1.40. The molecule has 18 heavy (non-hydrogen) atoms. The monoisotopic (exact) mass is 245 g/mol. The summed E-state index contributed by atoms with van der Waals surface area (Å²) in [6.45, 7) is 8.55. The van der Waals surface area contributed by atoms with Crippen LogP contribution in [0.5, 0.6) is 0 Å². The highest BCUT2D eigenvalue weighted by Crippen LogP contribution is 2.11. The highest BCUT2D eigenvalue weighted by atomic mass is 16.5. The lowest BCUT2D eigenvalue weighted by atomic mass is 10.1. The van der Waals surface area contributed by atoms with E-state index in [0.29, 0.717) is 13.2 Å². The Morgan fingerprint density at radius 1 is 1.39 bits per heavy atom. The van der Waals surface area contributed by atoms with E-state index < -0.39 is 0 Å². The molecule has 0 amide bonds. The first-order chi connectivity index (χ1) is 8.63. The first-order valence-electron chi connectivity index (χ1n) is 5.95. The number of hydrogen-bond donors (Lipinski definition) is 1. The smallest absolute Gasteiger partial charge is 0.332 e. The maximum atomic E-state index is 11.5. The van der Waals surface area contributed by atoms with Crippen molar-refractivity contribution in [3.63, 3.8) is 0 Å². The third-order valence-electron chi connectivity index (χ3n) is 2.21. The van der Waals surface area contributed by atoms with E-state index in [9.17, 15) is 4.79 Å². The van der Waals surface area contributed by atoms with Gasteiger partial charge in [-0.15, -0.1) is 0 Å². The predicted molar refractivity (Wildman–Crippen MR) is 73.9 cm³/mol. The third-order valence-corrected chi connectivity index (χ3v) is 2.21. The summed E-state index contributed by atoms with van der Waals surface area (Å²) in [7, 11) is 0. The summed E-state index contributed by atoms with van der Waals surface area (Å²) in [5.41, 5.74) is 2.70. The Balaban J connectivity index is 2.88. The molecule has 0 unspecified atom stereocenters. The second kappa shape index (κ2) is 7.33. The summed E-state index contributed by atoms with van der Waals surface area (Å²) >= 11 is 0. The Labute approximate surface area is 108 Å². The summed E-state index contributed by atoms with van der Waals surface area (Å²) in [4.78, 5) is 11.5. The number of carbonyl (C=O) groups is 1. The van der Waals surface area contributed by atoms with Crippen molar-refractivity contribution >= 4 is 11.7 Å². The minimum atomic E-state index is -0.342. The quantitative estimate of drug-likeness (QED) is 0.476. The van der Waals surface area contributed by atoms with Crippen LogP contribution in [0.15, 0.2) is 48.6 Å². The highest BCUT2D eigenvalue weighted by Gasteiger charge is 2.04. The van der Waals surface area contributed by atoms with Gasteiger partial charge >= 0.3 is 5.97 Å². The van der Waals surface area contributed by atoms with Crippen molar-refractivity contribution in [3.8, 4) is 0 Å². The van der Waals surface area contributed by atoms with Gasteiger partial charge in [0.2, 0.25) is 0 Å². The maximum absolute atomic E-state index is 11.5. The van der Waals surface area contributed by atoms with E-state index in [1.54, 1.807) is 6.92 Å². The molecule has 0 saturated heterocycles.